The van der Waals surface area contributed by atoms with Crippen LogP contribution in [0.15, 0.2) is 46.7 Å². The van der Waals surface area contributed by atoms with Crippen LogP contribution in [0.1, 0.15) is 11.3 Å². The number of nitrogens with one attached hydrogen (secondary N) is 2. The van der Waals surface area contributed by atoms with Gasteiger partial charge in [-0.2, -0.15) is 0 Å². The monoisotopic (exact) mass is 419 g/mol. The summed E-state index contributed by atoms with van der Waals surface area (Å²) < 4.78 is 12.0. The fourth-order valence-electron chi connectivity index (χ4n) is 2.24. The summed E-state index contributed by atoms with van der Waals surface area (Å²) in [6.07, 6.45) is 3.40. The molecule has 0 saturated carbocycles. The summed E-state index contributed by atoms with van der Waals surface area (Å²) in [5, 5.41) is 5.61. The normalized spacial score (nSPS) is 15.0. The number of rotatable bonds is 5. The van der Waals surface area contributed by atoms with Crippen molar-refractivity contribution in [2.24, 2.45) is 0 Å². The molecular weight excluding hydrogens is 406 g/mol. The summed E-state index contributed by atoms with van der Waals surface area (Å²) in [6, 6.07) is 9.24. The molecule has 6 nitrogen and oxygen atoms in total. The fourth-order valence-corrected chi connectivity index (χ4v) is 3.02. The molecule has 0 unspecified atom stereocenters. The quantitative estimate of drug-likeness (QED) is 0.573. The van der Waals surface area contributed by atoms with E-state index in [1.165, 1.54) is 0 Å². The number of ether oxygens (including phenoxy) is 2. The van der Waals surface area contributed by atoms with Gasteiger partial charge in [-0.25, -0.2) is 0 Å². The molecular formula is C17H14BrN3O3S. The maximum absolute atomic E-state index is 11.8. The maximum Gasteiger partial charge on any atom is 0.273 e. The predicted molar refractivity (Wildman–Crippen MR) is 101 cm³/mol. The van der Waals surface area contributed by atoms with Crippen LogP contribution in [0.2, 0.25) is 0 Å². The lowest BCUT2D eigenvalue weighted by atomic mass is 10.1. The minimum Gasteiger partial charge on any atom is -0.493 e. The van der Waals surface area contributed by atoms with Crippen molar-refractivity contribution in [2.45, 2.75) is 6.61 Å². The number of aromatic nitrogens is 1. The van der Waals surface area contributed by atoms with Gasteiger partial charge < -0.3 is 14.8 Å². The van der Waals surface area contributed by atoms with E-state index < -0.39 is 0 Å². The van der Waals surface area contributed by atoms with E-state index in [0.29, 0.717) is 28.3 Å². The van der Waals surface area contributed by atoms with Crippen molar-refractivity contribution in [1.82, 2.24) is 15.6 Å². The Kier molecular flexibility index (Phi) is 5.30. The average molecular weight is 420 g/mol. The second kappa shape index (κ2) is 7.62. The number of pyridine rings is 1. The van der Waals surface area contributed by atoms with Gasteiger partial charge in [0.2, 0.25) is 0 Å². The van der Waals surface area contributed by atoms with Gasteiger partial charge in [0.25, 0.3) is 5.91 Å². The molecule has 3 rings (SSSR count). The molecule has 1 aliphatic heterocycles. The van der Waals surface area contributed by atoms with Crippen molar-refractivity contribution >= 4 is 45.2 Å². The highest BCUT2D eigenvalue weighted by Gasteiger charge is 2.20. The molecule has 0 spiro atoms. The van der Waals surface area contributed by atoms with Gasteiger partial charge in [0, 0.05) is 6.20 Å². The van der Waals surface area contributed by atoms with Gasteiger partial charge in [-0.1, -0.05) is 6.07 Å². The Bertz CT molecular complexity index is 856. The molecule has 0 aliphatic carbocycles. The molecule has 1 aromatic heterocycles. The lowest BCUT2D eigenvalue weighted by molar-refractivity contribution is -0.115. The minimum atomic E-state index is -0.268. The van der Waals surface area contributed by atoms with Crippen LogP contribution in [0.25, 0.3) is 6.08 Å². The predicted octanol–water partition coefficient (Wildman–Crippen LogP) is 2.78. The minimum absolute atomic E-state index is 0.268. The van der Waals surface area contributed by atoms with E-state index in [0.717, 1.165) is 11.3 Å². The van der Waals surface area contributed by atoms with E-state index in [1.807, 2.05) is 24.3 Å². The summed E-state index contributed by atoms with van der Waals surface area (Å²) in [6.45, 7) is 0.314. The van der Waals surface area contributed by atoms with Crippen LogP contribution in [0.3, 0.4) is 0 Å². The Labute approximate surface area is 158 Å². The first-order valence-electron chi connectivity index (χ1n) is 7.31. The number of carbonyl (C=O) groups excluding carboxylic acids is 1. The van der Waals surface area contributed by atoms with Crippen molar-refractivity contribution in [3.63, 3.8) is 0 Å². The average Bonchev–Trinajstić information content (AvgIpc) is 2.91. The topological polar surface area (TPSA) is 72.5 Å². The van der Waals surface area contributed by atoms with Crippen LogP contribution in [-0.2, 0) is 11.4 Å². The first-order valence-corrected chi connectivity index (χ1v) is 8.51. The van der Waals surface area contributed by atoms with E-state index >= 15 is 0 Å². The Balaban J connectivity index is 1.85. The molecule has 1 fully saturated rings. The first-order chi connectivity index (χ1) is 12.1. The van der Waals surface area contributed by atoms with Gasteiger partial charge >= 0.3 is 0 Å². The summed E-state index contributed by atoms with van der Waals surface area (Å²) in [5.74, 6) is 0.836. The lowest BCUT2D eigenvalue weighted by Gasteiger charge is -2.13. The van der Waals surface area contributed by atoms with E-state index in [4.69, 9.17) is 21.7 Å². The van der Waals surface area contributed by atoms with Crippen LogP contribution in [0.5, 0.6) is 11.5 Å². The zero-order valence-corrected chi connectivity index (χ0v) is 15.6. The van der Waals surface area contributed by atoms with Crippen molar-refractivity contribution in [2.75, 3.05) is 7.11 Å². The highest BCUT2D eigenvalue weighted by atomic mass is 79.9. The Morgan fingerprint density at radius 3 is 2.80 bits per heavy atom. The number of nitrogens with zero attached hydrogens (tertiary/aromatic N) is 1. The van der Waals surface area contributed by atoms with Crippen LogP contribution in [-0.4, -0.2) is 23.1 Å². The van der Waals surface area contributed by atoms with E-state index in [2.05, 4.69) is 31.5 Å². The molecule has 128 valence electrons. The Hall–Kier alpha value is -2.45. The van der Waals surface area contributed by atoms with Crippen molar-refractivity contribution < 1.29 is 14.3 Å². The smallest absolute Gasteiger partial charge is 0.273 e. The van der Waals surface area contributed by atoms with Crippen LogP contribution < -0.4 is 20.1 Å². The fraction of sp³-hybridized carbons (Fsp3) is 0.118. The molecule has 0 bridgehead atoms. The summed E-state index contributed by atoms with van der Waals surface area (Å²) in [7, 11) is 1.56. The third-order valence-electron chi connectivity index (χ3n) is 3.37. The number of hydrogen-bond acceptors (Lipinski definition) is 5. The van der Waals surface area contributed by atoms with Gasteiger partial charge in [0.15, 0.2) is 16.6 Å². The molecule has 1 saturated heterocycles. The van der Waals surface area contributed by atoms with Crippen LogP contribution in [0.4, 0.5) is 0 Å². The van der Waals surface area contributed by atoms with Crippen molar-refractivity contribution in [1.29, 1.82) is 0 Å². The molecule has 8 heteroatoms. The standard InChI is InChI=1S/C17H14BrN3O3S/c1-23-14-8-10(7-13-16(22)21-17(25)20-13)6-12(18)15(14)24-9-11-4-2-3-5-19-11/h2-8H,9H2,1H3,(H2,20,21,22,25)/b13-7-. The van der Waals surface area contributed by atoms with Crippen molar-refractivity contribution in [3.8, 4) is 11.5 Å². The van der Waals surface area contributed by atoms with Crippen LogP contribution in [0, 0.1) is 0 Å². The second-order valence-corrected chi connectivity index (χ2v) is 6.37. The highest BCUT2D eigenvalue weighted by molar-refractivity contribution is 9.10. The second-order valence-electron chi connectivity index (χ2n) is 5.11. The Morgan fingerprint density at radius 2 is 2.16 bits per heavy atom. The number of benzene rings is 1. The highest BCUT2D eigenvalue weighted by Crippen LogP contribution is 2.37. The maximum atomic E-state index is 11.8. The SMILES string of the molecule is COc1cc(/C=C2\NC(=S)NC2=O)cc(Br)c1OCc1ccccn1. The first kappa shape index (κ1) is 17.4. The summed E-state index contributed by atoms with van der Waals surface area (Å²) in [5.41, 5.74) is 1.94. The summed E-state index contributed by atoms with van der Waals surface area (Å²) >= 11 is 8.41. The number of carbonyl (C=O) groups is 1. The molecule has 2 heterocycles. The zero-order chi connectivity index (χ0) is 17.8. The molecule has 0 atom stereocenters. The van der Waals surface area contributed by atoms with Crippen LogP contribution >= 0.6 is 28.1 Å². The number of hydrogen-bond donors (Lipinski definition) is 2. The molecule has 2 aromatic rings. The molecule has 25 heavy (non-hydrogen) atoms. The third kappa shape index (κ3) is 4.15. The molecule has 1 amide bonds. The van der Waals surface area contributed by atoms with E-state index in [-0.39, 0.29) is 11.0 Å². The molecule has 2 N–H and O–H groups in total. The van der Waals surface area contributed by atoms with Gasteiger partial charge in [-0.05, 0) is 64.1 Å². The number of thiocarbonyl (C=S) groups is 1. The summed E-state index contributed by atoms with van der Waals surface area (Å²) in [4.78, 5) is 16.0. The van der Waals surface area contributed by atoms with E-state index in [9.17, 15) is 4.79 Å². The largest absolute Gasteiger partial charge is 0.493 e. The van der Waals surface area contributed by atoms with E-state index in [1.54, 1.807) is 25.4 Å². The molecule has 1 aliphatic rings. The third-order valence-corrected chi connectivity index (χ3v) is 4.17. The van der Waals surface area contributed by atoms with Crippen molar-refractivity contribution in [3.05, 3.63) is 58.0 Å². The molecule has 0 radical (unpaired) electrons. The van der Waals surface area contributed by atoms with Gasteiger partial charge in [-0.15, -0.1) is 0 Å². The number of methoxy groups -OCH3 is 1. The van der Waals surface area contributed by atoms with Gasteiger partial charge in [0.05, 0.1) is 17.3 Å². The number of halogens is 1. The molecule has 1 aromatic carbocycles. The Morgan fingerprint density at radius 1 is 1.32 bits per heavy atom. The lowest BCUT2D eigenvalue weighted by Crippen LogP contribution is -2.21. The van der Waals surface area contributed by atoms with Gasteiger partial charge in [-0.3, -0.25) is 15.1 Å². The van der Waals surface area contributed by atoms with Gasteiger partial charge in [0.1, 0.15) is 12.3 Å². The number of amides is 1. The zero-order valence-electron chi connectivity index (χ0n) is 13.2.